The summed E-state index contributed by atoms with van der Waals surface area (Å²) in [6, 6.07) is 9.17. The van der Waals surface area contributed by atoms with Crippen molar-refractivity contribution in [2.45, 2.75) is 30.5 Å². The molecular weight excluding hydrogens is 422 g/mol. The fraction of sp³-hybridized carbons (Fsp3) is 0.286. The number of benzene rings is 1. The second-order valence-electron chi connectivity index (χ2n) is 6.07. The van der Waals surface area contributed by atoms with E-state index in [9.17, 15) is 9.59 Å². The fourth-order valence-corrected chi connectivity index (χ4v) is 5.07. The largest absolute Gasteiger partial charge is 0.342 e. The quantitative estimate of drug-likeness (QED) is 0.292. The highest BCUT2D eigenvalue weighted by Crippen LogP contribution is 2.31. The maximum atomic E-state index is 12.1. The summed E-state index contributed by atoms with van der Waals surface area (Å²) in [5, 5.41) is 7.27. The molecule has 0 radical (unpaired) electrons. The average molecular weight is 444 g/mol. The van der Waals surface area contributed by atoms with E-state index in [2.05, 4.69) is 34.4 Å². The molecule has 5 nitrogen and oxygen atoms in total. The van der Waals surface area contributed by atoms with Crippen molar-refractivity contribution in [1.29, 1.82) is 0 Å². The summed E-state index contributed by atoms with van der Waals surface area (Å²) in [6.45, 7) is 2.06. The zero-order valence-electron chi connectivity index (χ0n) is 16.0. The Morgan fingerprint density at radius 2 is 2.07 bits per heavy atom. The van der Waals surface area contributed by atoms with Crippen LogP contribution >= 0.6 is 34.4 Å². The maximum absolute atomic E-state index is 12.1. The molecular formula is C21H21N3O2S3. The van der Waals surface area contributed by atoms with Crippen LogP contribution in [0.2, 0.25) is 0 Å². The number of anilines is 1. The number of thiophene rings is 1. The molecule has 0 aliphatic rings. The van der Waals surface area contributed by atoms with Crippen LogP contribution in [0.1, 0.15) is 35.9 Å². The van der Waals surface area contributed by atoms with Gasteiger partial charge in [0.1, 0.15) is 0 Å². The van der Waals surface area contributed by atoms with Gasteiger partial charge < -0.3 is 10.6 Å². The van der Waals surface area contributed by atoms with Gasteiger partial charge in [-0.05, 0) is 36.1 Å². The van der Waals surface area contributed by atoms with Gasteiger partial charge in [-0.1, -0.05) is 24.8 Å². The highest BCUT2D eigenvalue weighted by atomic mass is 32.2. The van der Waals surface area contributed by atoms with Gasteiger partial charge in [0, 0.05) is 24.3 Å². The first-order chi connectivity index (χ1) is 14.2. The van der Waals surface area contributed by atoms with Gasteiger partial charge in [0.2, 0.25) is 5.91 Å². The number of thioether (sulfide) groups is 1. The van der Waals surface area contributed by atoms with Crippen LogP contribution in [0.15, 0.2) is 40.1 Å². The van der Waals surface area contributed by atoms with E-state index < -0.39 is 0 Å². The second-order valence-corrected chi connectivity index (χ2v) is 9.39. The number of nitrogens with zero attached hydrogens (tertiary/aromatic N) is 1. The molecule has 3 aromatic rings. The van der Waals surface area contributed by atoms with Crippen molar-refractivity contribution in [3.8, 4) is 11.8 Å². The number of hydrogen-bond donors (Lipinski definition) is 2. The number of fused-ring (bicyclic) bond motifs is 1. The monoisotopic (exact) mass is 443 g/mol. The van der Waals surface area contributed by atoms with E-state index in [4.69, 9.17) is 0 Å². The van der Waals surface area contributed by atoms with E-state index in [0.29, 0.717) is 10.6 Å². The Morgan fingerprint density at radius 3 is 2.86 bits per heavy atom. The van der Waals surface area contributed by atoms with E-state index in [-0.39, 0.29) is 18.4 Å². The van der Waals surface area contributed by atoms with Crippen molar-refractivity contribution < 1.29 is 9.59 Å². The summed E-state index contributed by atoms with van der Waals surface area (Å²) < 4.78 is 2.02. The SMILES string of the molecule is CCCC#CCCSc1nc2ccc(NC(=O)CNC(=O)c3cccs3)cc2s1. The van der Waals surface area contributed by atoms with Gasteiger partial charge in [-0.25, -0.2) is 4.98 Å². The zero-order chi connectivity index (χ0) is 20.5. The minimum Gasteiger partial charge on any atom is -0.342 e. The van der Waals surface area contributed by atoms with Crippen molar-refractivity contribution in [2.24, 2.45) is 0 Å². The summed E-state index contributed by atoms with van der Waals surface area (Å²) in [5.41, 5.74) is 1.61. The Bertz CT molecular complexity index is 1030. The van der Waals surface area contributed by atoms with Gasteiger partial charge in [-0.3, -0.25) is 9.59 Å². The minimum atomic E-state index is -0.265. The minimum absolute atomic E-state index is 0.0718. The normalized spacial score (nSPS) is 10.4. The number of aromatic nitrogens is 1. The smallest absolute Gasteiger partial charge is 0.261 e. The van der Waals surface area contributed by atoms with Crippen LogP contribution in [0.5, 0.6) is 0 Å². The van der Waals surface area contributed by atoms with Crippen molar-refractivity contribution >= 4 is 62.2 Å². The predicted molar refractivity (Wildman–Crippen MR) is 123 cm³/mol. The van der Waals surface area contributed by atoms with E-state index in [1.54, 1.807) is 35.2 Å². The zero-order valence-corrected chi connectivity index (χ0v) is 18.4. The van der Waals surface area contributed by atoms with Gasteiger partial charge in [0.25, 0.3) is 5.91 Å². The Balaban J connectivity index is 1.50. The predicted octanol–water partition coefficient (Wildman–Crippen LogP) is 5.01. The number of amides is 2. The Morgan fingerprint density at radius 1 is 1.21 bits per heavy atom. The van der Waals surface area contributed by atoms with E-state index in [0.717, 1.165) is 39.6 Å². The molecule has 0 saturated carbocycles. The van der Waals surface area contributed by atoms with Crippen molar-refractivity contribution in [1.82, 2.24) is 10.3 Å². The Labute approximate surface area is 182 Å². The van der Waals surface area contributed by atoms with Crippen molar-refractivity contribution in [3.05, 3.63) is 40.6 Å². The standard InChI is InChI=1S/C21H21N3O2S3/c1-2-3-4-5-6-11-28-21-24-16-10-9-15(13-18(16)29-21)23-19(25)14-22-20(26)17-8-7-12-27-17/h7-10,12-13H,2-3,6,11,14H2,1H3,(H,22,26)(H,23,25). The molecule has 150 valence electrons. The first kappa shape index (κ1) is 21.4. The van der Waals surface area contributed by atoms with Gasteiger partial charge in [0.05, 0.1) is 21.6 Å². The summed E-state index contributed by atoms with van der Waals surface area (Å²) in [6.07, 6.45) is 2.91. The molecule has 3 rings (SSSR count). The lowest BCUT2D eigenvalue weighted by atomic mass is 10.3. The van der Waals surface area contributed by atoms with E-state index >= 15 is 0 Å². The summed E-state index contributed by atoms with van der Waals surface area (Å²) in [4.78, 5) is 29.2. The topological polar surface area (TPSA) is 71.1 Å². The molecule has 8 heteroatoms. The number of thiazole rings is 1. The summed E-state index contributed by atoms with van der Waals surface area (Å²) >= 11 is 4.65. The highest BCUT2D eigenvalue weighted by molar-refractivity contribution is 8.01. The third-order valence-electron chi connectivity index (χ3n) is 3.76. The molecule has 0 aliphatic heterocycles. The van der Waals surface area contributed by atoms with Gasteiger partial charge in [-0.15, -0.1) is 34.5 Å². The molecule has 2 heterocycles. The summed E-state index contributed by atoms with van der Waals surface area (Å²) in [5.74, 6) is 6.75. The third-order valence-corrected chi connectivity index (χ3v) is 6.79. The van der Waals surface area contributed by atoms with Crippen LogP contribution in [0.3, 0.4) is 0 Å². The van der Waals surface area contributed by atoms with Crippen LogP contribution in [-0.4, -0.2) is 29.1 Å². The molecule has 0 unspecified atom stereocenters. The molecule has 0 spiro atoms. The fourth-order valence-electron chi connectivity index (χ4n) is 2.39. The molecule has 0 atom stereocenters. The number of hydrogen-bond acceptors (Lipinski definition) is 6. The maximum Gasteiger partial charge on any atom is 0.261 e. The van der Waals surface area contributed by atoms with Crippen LogP contribution in [0.4, 0.5) is 5.69 Å². The first-order valence-corrected chi connectivity index (χ1v) is 11.9. The van der Waals surface area contributed by atoms with Gasteiger partial charge >= 0.3 is 0 Å². The number of carbonyl (C=O) groups excluding carboxylic acids is 2. The number of rotatable bonds is 8. The van der Waals surface area contributed by atoms with E-state index in [1.165, 1.54) is 11.3 Å². The molecule has 0 aliphatic carbocycles. The lowest BCUT2D eigenvalue weighted by Crippen LogP contribution is -2.32. The van der Waals surface area contributed by atoms with Crippen LogP contribution in [0, 0.1) is 11.8 Å². The van der Waals surface area contributed by atoms with Crippen LogP contribution in [-0.2, 0) is 4.79 Å². The number of nitrogens with one attached hydrogen (secondary N) is 2. The average Bonchev–Trinajstić information content (AvgIpc) is 3.38. The Kier molecular flexibility index (Phi) is 8.11. The second kappa shape index (κ2) is 11.0. The van der Waals surface area contributed by atoms with Crippen molar-refractivity contribution in [2.75, 3.05) is 17.6 Å². The van der Waals surface area contributed by atoms with Gasteiger partial charge in [-0.2, -0.15) is 0 Å². The van der Waals surface area contributed by atoms with Crippen molar-refractivity contribution in [3.63, 3.8) is 0 Å². The third kappa shape index (κ3) is 6.60. The Hall–Kier alpha value is -2.34. The molecule has 29 heavy (non-hydrogen) atoms. The van der Waals surface area contributed by atoms with Crippen LogP contribution in [0.25, 0.3) is 10.2 Å². The highest BCUT2D eigenvalue weighted by Gasteiger charge is 2.10. The molecule has 2 amide bonds. The molecule has 1 aromatic carbocycles. The molecule has 2 N–H and O–H groups in total. The molecule has 0 fully saturated rings. The van der Waals surface area contributed by atoms with Crippen LogP contribution < -0.4 is 10.6 Å². The molecule has 0 saturated heterocycles. The summed E-state index contributed by atoms with van der Waals surface area (Å²) in [7, 11) is 0. The van der Waals surface area contributed by atoms with Gasteiger partial charge in [0.15, 0.2) is 4.34 Å². The lowest BCUT2D eigenvalue weighted by molar-refractivity contribution is -0.115. The molecule has 0 bridgehead atoms. The first-order valence-electron chi connectivity index (χ1n) is 9.26. The van der Waals surface area contributed by atoms with E-state index in [1.807, 2.05) is 23.6 Å². The lowest BCUT2D eigenvalue weighted by Gasteiger charge is -2.06. The number of unbranched alkanes of at least 4 members (excludes halogenated alkanes) is 1. The molecule has 2 aromatic heterocycles. The number of carbonyl (C=O) groups is 2.